The van der Waals surface area contributed by atoms with E-state index < -0.39 is 0 Å². The zero-order valence-corrected chi connectivity index (χ0v) is 11.6. The van der Waals surface area contributed by atoms with Crippen LogP contribution in [0.3, 0.4) is 0 Å². The van der Waals surface area contributed by atoms with Crippen LogP contribution in [-0.4, -0.2) is 4.98 Å². The van der Waals surface area contributed by atoms with Crippen LogP contribution in [0.4, 0.5) is 5.13 Å². The summed E-state index contributed by atoms with van der Waals surface area (Å²) in [6.07, 6.45) is 2.68. The zero-order chi connectivity index (χ0) is 13.8. The largest absolute Gasteiger partial charge is 0.457 e. The highest BCUT2D eigenvalue weighted by Crippen LogP contribution is 2.23. The lowest BCUT2D eigenvalue weighted by molar-refractivity contribution is 0.482. The summed E-state index contributed by atoms with van der Waals surface area (Å²) in [6.45, 7) is 0. The van der Waals surface area contributed by atoms with Crippen LogP contribution in [0.5, 0.6) is 11.5 Å². The minimum atomic E-state index is 0.615. The minimum absolute atomic E-state index is 0.615. The number of anilines is 1. The molecule has 3 rings (SSSR count). The summed E-state index contributed by atoms with van der Waals surface area (Å²) in [5.74, 6) is 1.68. The maximum absolute atomic E-state index is 5.76. The molecule has 2 aromatic carbocycles. The molecule has 100 valence electrons. The van der Waals surface area contributed by atoms with Gasteiger partial charge in [-0.25, -0.2) is 4.98 Å². The molecule has 0 aliphatic rings. The Bertz CT molecular complexity index is 677. The third kappa shape index (κ3) is 3.16. The molecule has 4 heteroatoms. The molecule has 0 unspecified atom stereocenters. The van der Waals surface area contributed by atoms with Gasteiger partial charge >= 0.3 is 0 Å². The van der Waals surface area contributed by atoms with Crippen molar-refractivity contribution >= 4 is 16.5 Å². The number of nitrogens with two attached hydrogens (primary N) is 1. The van der Waals surface area contributed by atoms with E-state index in [-0.39, 0.29) is 0 Å². The van der Waals surface area contributed by atoms with Crippen molar-refractivity contribution in [3.63, 3.8) is 0 Å². The van der Waals surface area contributed by atoms with Crippen molar-refractivity contribution in [2.24, 2.45) is 0 Å². The SMILES string of the molecule is Nc1ncc(Cc2ccc(Oc3ccccc3)cc2)s1. The van der Waals surface area contributed by atoms with Crippen LogP contribution in [0.2, 0.25) is 0 Å². The summed E-state index contributed by atoms with van der Waals surface area (Å²) >= 11 is 1.52. The van der Waals surface area contributed by atoms with E-state index in [2.05, 4.69) is 17.1 Å². The van der Waals surface area contributed by atoms with Gasteiger partial charge in [-0.1, -0.05) is 30.3 Å². The molecule has 0 radical (unpaired) electrons. The molecule has 20 heavy (non-hydrogen) atoms. The van der Waals surface area contributed by atoms with Crippen LogP contribution >= 0.6 is 11.3 Å². The average molecular weight is 282 g/mol. The molecule has 3 nitrogen and oxygen atoms in total. The van der Waals surface area contributed by atoms with Gasteiger partial charge in [-0.05, 0) is 29.8 Å². The predicted molar refractivity (Wildman–Crippen MR) is 82.3 cm³/mol. The van der Waals surface area contributed by atoms with Crippen molar-refractivity contribution in [3.05, 3.63) is 71.2 Å². The van der Waals surface area contributed by atoms with Crippen LogP contribution < -0.4 is 10.5 Å². The lowest BCUT2D eigenvalue weighted by atomic mass is 10.1. The Labute approximate surface area is 121 Å². The fourth-order valence-electron chi connectivity index (χ4n) is 1.91. The summed E-state index contributed by atoms with van der Waals surface area (Å²) in [7, 11) is 0. The highest BCUT2D eigenvalue weighted by molar-refractivity contribution is 7.15. The number of nitrogen functional groups attached to an aromatic ring is 1. The number of hydrogen-bond donors (Lipinski definition) is 1. The van der Waals surface area contributed by atoms with Crippen LogP contribution in [0.15, 0.2) is 60.8 Å². The molecule has 0 saturated carbocycles. The van der Waals surface area contributed by atoms with Crippen molar-refractivity contribution < 1.29 is 4.74 Å². The number of benzene rings is 2. The van der Waals surface area contributed by atoms with Gasteiger partial charge in [-0.2, -0.15) is 0 Å². The monoisotopic (exact) mass is 282 g/mol. The van der Waals surface area contributed by atoms with Gasteiger partial charge in [0.25, 0.3) is 0 Å². The van der Waals surface area contributed by atoms with E-state index in [1.54, 1.807) is 0 Å². The quantitative estimate of drug-likeness (QED) is 0.783. The number of nitrogens with zero attached hydrogens (tertiary/aromatic N) is 1. The van der Waals surface area contributed by atoms with Gasteiger partial charge in [-0.15, -0.1) is 11.3 Å². The molecule has 0 spiro atoms. The van der Waals surface area contributed by atoms with E-state index >= 15 is 0 Å². The normalized spacial score (nSPS) is 10.4. The smallest absolute Gasteiger partial charge is 0.180 e. The first kappa shape index (κ1) is 12.7. The van der Waals surface area contributed by atoms with Gasteiger partial charge in [0.15, 0.2) is 5.13 Å². The van der Waals surface area contributed by atoms with Crippen molar-refractivity contribution in [1.29, 1.82) is 0 Å². The number of para-hydroxylation sites is 1. The molecule has 0 aliphatic carbocycles. The molecular formula is C16H14N2OS. The highest BCUT2D eigenvalue weighted by Gasteiger charge is 2.02. The third-order valence-electron chi connectivity index (χ3n) is 2.85. The van der Waals surface area contributed by atoms with Gasteiger partial charge in [-0.3, -0.25) is 0 Å². The Morgan fingerprint density at radius 2 is 1.65 bits per heavy atom. The van der Waals surface area contributed by atoms with E-state index in [9.17, 15) is 0 Å². The second kappa shape index (κ2) is 5.75. The Morgan fingerprint density at radius 3 is 2.30 bits per heavy atom. The molecule has 3 aromatic rings. The fourth-order valence-corrected chi connectivity index (χ4v) is 2.62. The molecule has 0 aliphatic heterocycles. The third-order valence-corrected chi connectivity index (χ3v) is 3.68. The molecule has 1 heterocycles. The van der Waals surface area contributed by atoms with Crippen LogP contribution in [0, 0.1) is 0 Å². The number of ether oxygens (including phenoxy) is 1. The maximum Gasteiger partial charge on any atom is 0.180 e. The van der Waals surface area contributed by atoms with E-state index in [0.717, 1.165) is 17.9 Å². The lowest BCUT2D eigenvalue weighted by Gasteiger charge is -2.06. The lowest BCUT2D eigenvalue weighted by Crippen LogP contribution is -1.87. The van der Waals surface area contributed by atoms with Crippen molar-refractivity contribution in [2.45, 2.75) is 6.42 Å². The summed E-state index contributed by atoms with van der Waals surface area (Å²) in [6, 6.07) is 17.8. The Morgan fingerprint density at radius 1 is 0.950 bits per heavy atom. The first-order valence-corrected chi connectivity index (χ1v) is 7.13. The van der Waals surface area contributed by atoms with Gasteiger partial charge in [0.05, 0.1) is 0 Å². The molecule has 0 atom stereocenters. The first-order valence-electron chi connectivity index (χ1n) is 6.31. The predicted octanol–water partition coefficient (Wildman–Crippen LogP) is 4.11. The summed E-state index contributed by atoms with van der Waals surface area (Å²) < 4.78 is 5.76. The van der Waals surface area contributed by atoms with Gasteiger partial charge in [0.2, 0.25) is 0 Å². The Kier molecular flexibility index (Phi) is 3.65. The number of aromatic nitrogens is 1. The van der Waals surface area contributed by atoms with E-state index in [0.29, 0.717) is 5.13 Å². The van der Waals surface area contributed by atoms with Gasteiger partial charge < -0.3 is 10.5 Å². The summed E-state index contributed by atoms with van der Waals surface area (Å²) in [4.78, 5) is 5.22. The van der Waals surface area contributed by atoms with Crippen LogP contribution in [0.25, 0.3) is 0 Å². The first-order chi connectivity index (χ1) is 9.79. The Hall–Kier alpha value is -2.33. The van der Waals surface area contributed by atoms with Crippen molar-refractivity contribution in [3.8, 4) is 11.5 Å². The standard InChI is InChI=1S/C16H14N2OS/c17-16-18-11-15(20-16)10-12-6-8-14(9-7-12)19-13-4-2-1-3-5-13/h1-9,11H,10H2,(H2,17,18). The molecule has 2 N–H and O–H groups in total. The zero-order valence-electron chi connectivity index (χ0n) is 10.8. The molecule has 0 amide bonds. The van der Waals surface area contributed by atoms with E-state index in [4.69, 9.17) is 10.5 Å². The molecule has 0 saturated heterocycles. The second-order valence-electron chi connectivity index (χ2n) is 4.40. The molecule has 0 fully saturated rings. The maximum atomic E-state index is 5.76. The highest BCUT2D eigenvalue weighted by atomic mass is 32.1. The number of hydrogen-bond acceptors (Lipinski definition) is 4. The van der Waals surface area contributed by atoms with E-state index in [1.165, 1.54) is 21.8 Å². The summed E-state index contributed by atoms with van der Waals surface area (Å²) in [5, 5.41) is 0.615. The second-order valence-corrected chi connectivity index (χ2v) is 5.55. The number of thiazole rings is 1. The van der Waals surface area contributed by atoms with Gasteiger partial charge in [0, 0.05) is 17.5 Å². The topological polar surface area (TPSA) is 48.1 Å². The average Bonchev–Trinajstić information content (AvgIpc) is 2.88. The Balaban J connectivity index is 1.68. The molecular weight excluding hydrogens is 268 g/mol. The minimum Gasteiger partial charge on any atom is -0.457 e. The van der Waals surface area contributed by atoms with Crippen LogP contribution in [0.1, 0.15) is 10.4 Å². The van der Waals surface area contributed by atoms with E-state index in [1.807, 2.05) is 48.7 Å². The van der Waals surface area contributed by atoms with Gasteiger partial charge in [0.1, 0.15) is 11.5 Å². The van der Waals surface area contributed by atoms with Crippen molar-refractivity contribution in [2.75, 3.05) is 5.73 Å². The van der Waals surface area contributed by atoms with Crippen molar-refractivity contribution in [1.82, 2.24) is 4.98 Å². The molecule has 0 bridgehead atoms. The molecule has 1 aromatic heterocycles. The van der Waals surface area contributed by atoms with Crippen LogP contribution in [-0.2, 0) is 6.42 Å². The summed E-state index contributed by atoms with van der Waals surface area (Å²) in [5.41, 5.74) is 6.85. The number of rotatable bonds is 4. The fraction of sp³-hybridized carbons (Fsp3) is 0.0625.